The Morgan fingerprint density at radius 3 is 2.78 bits per heavy atom. The number of hydrogen-bond donors (Lipinski definition) is 1. The fraction of sp³-hybridized carbons (Fsp3) is 0.571. The molecule has 18 heavy (non-hydrogen) atoms. The Balaban J connectivity index is 2.12. The van der Waals surface area contributed by atoms with Crippen LogP contribution in [0.2, 0.25) is 0 Å². The molecule has 0 amide bonds. The van der Waals surface area contributed by atoms with Crippen molar-refractivity contribution in [1.29, 1.82) is 0 Å². The molecular weight excluding hydrogens is 228 g/mol. The van der Waals surface area contributed by atoms with Crippen LogP contribution in [-0.2, 0) is 11.2 Å². The van der Waals surface area contributed by atoms with Crippen LogP contribution in [0.15, 0.2) is 18.2 Å². The highest BCUT2D eigenvalue weighted by molar-refractivity contribution is 5.54. The number of hydrogen-bond acceptors (Lipinski definition) is 4. The number of methoxy groups -OCH3 is 1. The van der Waals surface area contributed by atoms with Gasteiger partial charge in [-0.15, -0.1) is 0 Å². The summed E-state index contributed by atoms with van der Waals surface area (Å²) in [4.78, 5) is 2.33. The van der Waals surface area contributed by atoms with Crippen LogP contribution in [0.4, 0.5) is 5.69 Å². The smallest absolute Gasteiger partial charge is 0.124 e. The quantitative estimate of drug-likeness (QED) is 0.858. The first kappa shape index (κ1) is 13.2. The fourth-order valence-corrected chi connectivity index (χ4v) is 2.25. The minimum absolute atomic E-state index is 0.717. The zero-order chi connectivity index (χ0) is 12.8. The summed E-state index contributed by atoms with van der Waals surface area (Å²) >= 11 is 0. The number of rotatable bonds is 5. The number of nitrogens with two attached hydrogens (primary N) is 1. The molecule has 4 heteroatoms. The Bertz CT molecular complexity index is 376. The molecule has 0 aromatic heterocycles. The topological polar surface area (TPSA) is 47.7 Å². The Morgan fingerprint density at radius 2 is 2.11 bits per heavy atom. The Morgan fingerprint density at radius 1 is 1.33 bits per heavy atom. The van der Waals surface area contributed by atoms with E-state index in [4.69, 9.17) is 15.2 Å². The molecule has 1 fully saturated rings. The van der Waals surface area contributed by atoms with Gasteiger partial charge >= 0.3 is 0 Å². The second kappa shape index (κ2) is 6.61. The highest BCUT2D eigenvalue weighted by Gasteiger charge is 2.13. The van der Waals surface area contributed by atoms with E-state index in [2.05, 4.69) is 23.1 Å². The maximum Gasteiger partial charge on any atom is 0.124 e. The van der Waals surface area contributed by atoms with Crippen LogP contribution in [0.1, 0.15) is 12.0 Å². The number of anilines is 1. The normalized spacial score (nSPS) is 15.8. The van der Waals surface area contributed by atoms with Gasteiger partial charge in [-0.3, -0.25) is 0 Å². The molecule has 1 heterocycles. The summed E-state index contributed by atoms with van der Waals surface area (Å²) < 4.78 is 10.8. The molecule has 0 saturated carbocycles. The van der Waals surface area contributed by atoms with Gasteiger partial charge in [0.05, 0.1) is 20.3 Å². The van der Waals surface area contributed by atoms with Crippen LogP contribution >= 0.6 is 0 Å². The maximum atomic E-state index is 5.55. The first-order chi connectivity index (χ1) is 8.85. The van der Waals surface area contributed by atoms with Gasteiger partial charge in [-0.25, -0.2) is 0 Å². The van der Waals surface area contributed by atoms with E-state index in [1.807, 2.05) is 0 Å². The van der Waals surface area contributed by atoms with Gasteiger partial charge < -0.3 is 20.1 Å². The summed E-state index contributed by atoms with van der Waals surface area (Å²) in [6.45, 7) is 4.22. The predicted octanol–water partition coefficient (Wildman–Crippen LogP) is 1.42. The van der Waals surface area contributed by atoms with E-state index in [9.17, 15) is 0 Å². The third-order valence-corrected chi connectivity index (χ3v) is 3.30. The van der Waals surface area contributed by atoms with Gasteiger partial charge in [0, 0.05) is 24.8 Å². The molecule has 2 N–H and O–H groups in total. The largest absolute Gasteiger partial charge is 0.496 e. The molecule has 1 aliphatic heterocycles. The zero-order valence-corrected chi connectivity index (χ0v) is 11.0. The van der Waals surface area contributed by atoms with Crippen molar-refractivity contribution in [2.45, 2.75) is 12.8 Å². The first-order valence-electron chi connectivity index (χ1n) is 6.55. The molecular formula is C14H22N2O2. The summed E-state index contributed by atoms with van der Waals surface area (Å²) in [5.74, 6) is 0.965. The number of benzene rings is 1. The molecule has 0 atom stereocenters. The van der Waals surface area contributed by atoms with Gasteiger partial charge in [0.25, 0.3) is 0 Å². The van der Waals surface area contributed by atoms with Crippen molar-refractivity contribution in [3.8, 4) is 5.75 Å². The van der Waals surface area contributed by atoms with E-state index < -0.39 is 0 Å². The highest BCUT2D eigenvalue weighted by atomic mass is 16.5. The molecule has 1 aliphatic rings. The van der Waals surface area contributed by atoms with Crippen molar-refractivity contribution in [2.75, 3.05) is 44.9 Å². The lowest BCUT2D eigenvalue weighted by Gasteiger charge is -2.29. The van der Waals surface area contributed by atoms with E-state index in [0.29, 0.717) is 6.54 Å². The number of morpholine rings is 1. The second-order valence-corrected chi connectivity index (χ2v) is 4.49. The van der Waals surface area contributed by atoms with E-state index in [-0.39, 0.29) is 0 Å². The molecule has 0 spiro atoms. The molecule has 0 aliphatic carbocycles. The third kappa shape index (κ3) is 3.15. The molecule has 0 bridgehead atoms. The number of nitrogens with zero attached hydrogens (tertiary/aromatic N) is 1. The van der Waals surface area contributed by atoms with Crippen molar-refractivity contribution in [2.24, 2.45) is 5.73 Å². The van der Waals surface area contributed by atoms with Crippen LogP contribution < -0.4 is 15.4 Å². The molecule has 2 rings (SSSR count). The van der Waals surface area contributed by atoms with E-state index in [1.165, 1.54) is 11.3 Å². The van der Waals surface area contributed by atoms with Crippen LogP contribution in [0.3, 0.4) is 0 Å². The maximum absolute atomic E-state index is 5.55. The van der Waals surface area contributed by atoms with Crippen molar-refractivity contribution in [1.82, 2.24) is 0 Å². The fourth-order valence-electron chi connectivity index (χ4n) is 2.25. The van der Waals surface area contributed by atoms with E-state index >= 15 is 0 Å². The SMILES string of the molecule is COc1cc(N2CCOCC2)ccc1CCCN. The standard InChI is InChI=1S/C14H22N2O2/c1-17-14-11-13(16-7-9-18-10-8-16)5-4-12(14)3-2-6-15/h4-5,11H,2-3,6-10,15H2,1H3. The Labute approximate surface area is 109 Å². The third-order valence-electron chi connectivity index (χ3n) is 3.30. The van der Waals surface area contributed by atoms with Crippen LogP contribution in [0, 0.1) is 0 Å². The lowest BCUT2D eigenvalue weighted by molar-refractivity contribution is 0.122. The highest BCUT2D eigenvalue weighted by Crippen LogP contribution is 2.27. The van der Waals surface area contributed by atoms with E-state index in [0.717, 1.165) is 44.9 Å². The lowest BCUT2D eigenvalue weighted by Crippen LogP contribution is -2.36. The van der Waals surface area contributed by atoms with Crippen molar-refractivity contribution in [3.63, 3.8) is 0 Å². The molecule has 0 unspecified atom stereocenters. The van der Waals surface area contributed by atoms with Crippen LogP contribution in [0.5, 0.6) is 5.75 Å². The molecule has 0 radical (unpaired) electrons. The summed E-state index contributed by atoms with van der Waals surface area (Å²) in [5, 5.41) is 0. The average molecular weight is 250 g/mol. The molecule has 4 nitrogen and oxygen atoms in total. The monoisotopic (exact) mass is 250 g/mol. The van der Waals surface area contributed by atoms with Gasteiger partial charge in [0.15, 0.2) is 0 Å². The summed E-state index contributed by atoms with van der Waals surface area (Å²) in [6.07, 6.45) is 1.97. The molecule has 1 aromatic rings. The van der Waals surface area contributed by atoms with Crippen molar-refractivity contribution in [3.05, 3.63) is 23.8 Å². The Hall–Kier alpha value is -1.26. The van der Waals surface area contributed by atoms with Gasteiger partial charge in [-0.2, -0.15) is 0 Å². The van der Waals surface area contributed by atoms with Crippen molar-refractivity contribution >= 4 is 5.69 Å². The summed E-state index contributed by atoms with van der Waals surface area (Å²) in [7, 11) is 1.73. The molecule has 100 valence electrons. The predicted molar refractivity (Wildman–Crippen MR) is 73.4 cm³/mol. The summed E-state index contributed by atoms with van der Waals surface area (Å²) in [6, 6.07) is 6.44. The second-order valence-electron chi connectivity index (χ2n) is 4.49. The van der Waals surface area contributed by atoms with E-state index in [1.54, 1.807) is 7.11 Å². The number of ether oxygens (including phenoxy) is 2. The molecule has 1 saturated heterocycles. The molecule has 1 aromatic carbocycles. The van der Waals surface area contributed by atoms with Gasteiger partial charge in [-0.1, -0.05) is 6.07 Å². The van der Waals surface area contributed by atoms with Crippen molar-refractivity contribution < 1.29 is 9.47 Å². The van der Waals surface area contributed by atoms with Crippen LogP contribution in [-0.4, -0.2) is 40.0 Å². The first-order valence-corrected chi connectivity index (χ1v) is 6.55. The zero-order valence-electron chi connectivity index (χ0n) is 11.0. The number of aryl methyl sites for hydroxylation is 1. The Kier molecular flexibility index (Phi) is 4.84. The van der Waals surface area contributed by atoms with Gasteiger partial charge in [0.1, 0.15) is 5.75 Å². The minimum atomic E-state index is 0.717. The lowest BCUT2D eigenvalue weighted by atomic mass is 10.1. The summed E-state index contributed by atoms with van der Waals surface area (Å²) in [5.41, 5.74) is 8.00. The average Bonchev–Trinajstić information content (AvgIpc) is 2.46. The van der Waals surface area contributed by atoms with Crippen LogP contribution in [0.25, 0.3) is 0 Å². The van der Waals surface area contributed by atoms with Gasteiger partial charge in [-0.05, 0) is 31.0 Å². The minimum Gasteiger partial charge on any atom is -0.496 e. The van der Waals surface area contributed by atoms with Gasteiger partial charge in [0.2, 0.25) is 0 Å².